The van der Waals surface area contributed by atoms with Crippen molar-refractivity contribution in [2.24, 2.45) is 0 Å². The van der Waals surface area contributed by atoms with E-state index in [1.807, 2.05) is 17.9 Å². The molecule has 1 aliphatic rings. The number of hydrogen-bond donors (Lipinski definition) is 2. The van der Waals surface area contributed by atoms with Crippen molar-refractivity contribution < 1.29 is 8.78 Å². The second-order valence-electron chi connectivity index (χ2n) is 7.27. The number of aromatic nitrogens is 5. The van der Waals surface area contributed by atoms with Crippen LogP contribution in [0.25, 0.3) is 12.0 Å². The minimum absolute atomic E-state index is 0.0367. The SMILES string of the molecule is Cc1c(C=CCN2CCN(c3cc(F)cc(F)c3)CC2)cnn1-c1nc(N)nc(N)n1. The number of anilines is 3. The quantitative estimate of drug-likeness (QED) is 0.632. The van der Waals surface area contributed by atoms with E-state index in [9.17, 15) is 8.78 Å². The van der Waals surface area contributed by atoms with Crippen molar-refractivity contribution in [1.82, 2.24) is 29.6 Å². The Bertz CT molecular complexity index is 1060. The third-order valence-corrected chi connectivity index (χ3v) is 5.14. The van der Waals surface area contributed by atoms with Gasteiger partial charge in [-0.3, -0.25) is 4.90 Å². The lowest BCUT2D eigenvalue weighted by Crippen LogP contribution is -2.46. The van der Waals surface area contributed by atoms with Gasteiger partial charge in [-0.05, 0) is 19.1 Å². The highest BCUT2D eigenvalue weighted by Crippen LogP contribution is 2.20. The first-order valence-corrected chi connectivity index (χ1v) is 9.81. The predicted molar refractivity (Wildman–Crippen MR) is 115 cm³/mol. The maximum Gasteiger partial charge on any atom is 0.257 e. The fourth-order valence-electron chi connectivity index (χ4n) is 3.52. The van der Waals surface area contributed by atoms with Gasteiger partial charge in [0.25, 0.3) is 5.95 Å². The molecule has 0 saturated carbocycles. The summed E-state index contributed by atoms with van der Waals surface area (Å²) in [7, 11) is 0. The van der Waals surface area contributed by atoms with Crippen molar-refractivity contribution in [3.8, 4) is 5.95 Å². The van der Waals surface area contributed by atoms with Crippen LogP contribution in [-0.2, 0) is 0 Å². The first-order valence-electron chi connectivity index (χ1n) is 9.81. The van der Waals surface area contributed by atoms with Crippen molar-refractivity contribution >= 4 is 23.7 Å². The summed E-state index contributed by atoms with van der Waals surface area (Å²) >= 11 is 0. The molecular weight excluding hydrogens is 404 g/mol. The number of nitrogens with two attached hydrogens (primary N) is 2. The van der Waals surface area contributed by atoms with Crippen LogP contribution in [0.3, 0.4) is 0 Å². The average molecular weight is 427 g/mol. The van der Waals surface area contributed by atoms with Crippen LogP contribution in [0.2, 0.25) is 0 Å². The summed E-state index contributed by atoms with van der Waals surface area (Å²) in [6, 6.07) is 3.62. The Kier molecular flexibility index (Phi) is 5.76. The molecule has 1 saturated heterocycles. The van der Waals surface area contributed by atoms with E-state index in [0.717, 1.165) is 37.0 Å². The van der Waals surface area contributed by atoms with Crippen LogP contribution < -0.4 is 16.4 Å². The molecule has 11 heteroatoms. The summed E-state index contributed by atoms with van der Waals surface area (Å²) in [6.45, 7) is 5.65. The number of nitrogen functional groups attached to an aromatic ring is 2. The van der Waals surface area contributed by atoms with Crippen molar-refractivity contribution in [3.05, 3.63) is 53.4 Å². The molecule has 4 N–H and O–H groups in total. The Balaban J connectivity index is 1.35. The summed E-state index contributed by atoms with van der Waals surface area (Å²) in [5.41, 5.74) is 13.6. The van der Waals surface area contributed by atoms with Crippen LogP contribution in [0.5, 0.6) is 0 Å². The van der Waals surface area contributed by atoms with Gasteiger partial charge in [-0.25, -0.2) is 13.5 Å². The van der Waals surface area contributed by atoms with Gasteiger partial charge in [0.2, 0.25) is 11.9 Å². The van der Waals surface area contributed by atoms with Crippen LogP contribution >= 0.6 is 0 Å². The van der Waals surface area contributed by atoms with Crippen LogP contribution in [-0.4, -0.2) is 62.4 Å². The summed E-state index contributed by atoms with van der Waals surface area (Å²) < 4.78 is 28.5. The first kappa shape index (κ1) is 20.7. The molecule has 2 aromatic heterocycles. The highest BCUT2D eigenvalue weighted by Gasteiger charge is 2.17. The molecule has 1 aliphatic heterocycles. The smallest absolute Gasteiger partial charge is 0.257 e. The van der Waals surface area contributed by atoms with E-state index in [1.165, 1.54) is 12.1 Å². The Labute approximate surface area is 178 Å². The number of piperazine rings is 1. The van der Waals surface area contributed by atoms with Crippen LogP contribution in [0.1, 0.15) is 11.3 Å². The van der Waals surface area contributed by atoms with E-state index in [1.54, 1.807) is 10.9 Å². The molecule has 1 fully saturated rings. The fraction of sp³-hybridized carbons (Fsp3) is 0.300. The molecule has 0 amide bonds. The van der Waals surface area contributed by atoms with Gasteiger partial charge in [0.05, 0.1) is 11.9 Å². The second kappa shape index (κ2) is 8.64. The van der Waals surface area contributed by atoms with Gasteiger partial charge in [0.15, 0.2) is 0 Å². The maximum atomic E-state index is 13.5. The van der Waals surface area contributed by atoms with Gasteiger partial charge in [0, 0.05) is 50.0 Å². The molecule has 0 bridgehead atoms. The van der Waals surface area contributed by atoms with Crippen LogP contribution in [0, 0.1) is 18.6 Å². The molecule has 1 aromatic carbocycles. The summed E-state index contributed by atoms with van der Waals surface area (Å²) in [6.07, 6.45) is 5.77. The van der Waals surface area contributed by atoms with Gasteiger partial charge in [-0.15, -0.1) is 0 Å². The minimum Gasteiger partial charge on any atom is -0.369 e. The molecule has 31 heavy (non-hydrogen) atoms. The number of halogens is 2. The van der Waals surface area contributed by atoms with Gasteiger partial charge < -0.3 is 16.4 Å². The third kappa shape index (κ3) is 4.77. The Morgan fingerprint density at radius 1 is 0.968 bits per heavy atom. The maximum absolute atomic E-state index is 13.5. The van der Waals surface area contributed by atoms with Gasteiger partial charge in [-0.1, -0.05) is 12.2 Å². The molecule has 3 aromatic rings. The van der Waals surface area contributed by atoms with E-state index < -0.39 is 11.6 Å². The Hall–Kier alpha value is -3.60. The molecule has 0 unspecified atom stereocenters. The van der Waals surface area contributed by atoms with Crippen molar-refractivity contribution in [2.75, 3.05) is 49.1 Å². The molecule has 162 valence electrons. The minimum atomic E-state index is -0.557. The van der Waals surface area contributed by atoms with Crippen molar-refractivity contribution in [3.63, 3.8) is 0 Å². The lowest BCUT2D eigenvalue weighted by molar-refractivity contribution is 0.284. The van der Waals surface area contributed by atoms with Crippen LogP contribution in [0.4, 0.5) is 26.4 Å². The topological polar surface area (TPSA) is 115 Å². The molecule has 0 atom stereocenters. The fourth-order valence-corrected chi connectivity index (χ4v) is 3.52. The van der Waals surface area contributed by atoms with E-state index in [-0.39, 0.29) is 17.8 Å². The van der Waals surface area contributed by atoms with Gasteiger partial charge in [-0.2, -0.15) is 20.1 Å². The number of hydrogen-bond acceptors (Lipinski definition) is 8. The first-order chi connectivity index (χ1) is 14.9. The molecule has 0 spiro atoms. The van der Waals surface area contributed by atoms with E-state index in [0.29, 0.717) is 18.8 Å². The predicted octanol–water partition coefficient (Wildman–Crippen LogP) is 1.64. The van der Waals surface area contributed by atoms with E-state index in [4.69, 9.17) is 11.5 Å². The zero-order chi connectivity index (χ0) is 22.0. The Morgan fingerprint density at radius 3 is 2.26 bits per heavy atom. The summed E-state index contributed by atoms with van der Waals surface area (Å²) in [4.78, 5) is 16.2. The van der Waals surface area contributed by atoms with Crippen molar-refractivity contribution in [1.29, 1.82) is 0 Å². The second-order valence-corrected chi connectivity index (χ2v) is 7.27. The van der Waals surface area contributed by atoms with Gasteiger partial charge in [0.1, 0.15) is 11.6 Å². The van der Waals surface area contributed by atoms with Crippen molar-refractivity contribution in [2.45, 2.75) is 6.92 Å². The molecule has 9 nitrogen and oxygen atoms in total. The van der Waals surface area contributed by atoms with Gasteiger partial charge >= 0.3 is 0 Å². The highest BCUT2D eigenvalue weighted by atomic mass is 19.1. The largest absolute Gasteiger partial charge is 0.369 e. The molecule has 3 heterocycles. The van der Waals surface area contributed by atoms with E-state index >= 15 is 0 Å². The zero-order valence-electron chi connectivity index (χ0n) is 17.0. The molecule has 0 radical (unpaired) electrons. The van der Waals surface area contributed by atoms with E-state index in [2.05, 4.69) is 31.0 Å². The highest BCUT2D eigenvalue weighted by molar-refractivity contribution is 5.52. The summed E-state index contributed by atoms with van der Waals surface area (Å²) in [5, 5.41) is 4.31. The average Bonchev–Trinajstić information content (AvgIpc) is 3.07. The molecule has 4 rings (SSSR count). The number of benzene rings is 1. The molecular formula is C20H23F2N9. The monoisotopic (exact) mass is 427 g/mol. The lowest BCUT2D eigenvalue weighted by Gasteiger charge is -2.35. The third-order valence-electron chi connectivity index (χ3n) is 5.14. The van der Waals surface area contributed by atoms with Crippen LogP contribution in [0.15, 0.2) is 30.5 Å². The number of nitrogens with zero attached hydrogens (tertiary/aromatic N) is 7. The summed E-state index contributed by atoms with van der Waals surface area (Å²) in [5.74, 6) is -0.770. The standard InChI is InChI=1S/C20H23F2N9/c1-13-14(12-25-31(13)20-27-18(23)26-19(24)28-20)3-2-4-29-5-7-30(8-6-29)17-10-15(21)9-16(22)11-17/h2-3,9-12H,4-8H2,1H3,(H4,23,24,26,27,28). The molecule has 0 aliphatic carbocycles. The zero-order valence-corrected chi connectivity index (χ0v) is 17.0. The lowest BCUT2D eigenvalue weighted by atomic mass is 10.2. The normalized spacial score (nSPS) is 15.1. The Morgan fingerprint density at radius 2 is 1.61 bits per heavy atom. The number of rotatable bonds is 5.